The van der Waals surface area contributed by atoms with E-state index in [2.05, 4.69) is 25.4 Å². The van der Waals surface area contributed by atoms with E-state index < -0.39 is 18.0 Å². The molecule has 184 valence electrons. The third-order valence-corrected chi connectivity index (χ3v) is 7.21. The highest BCUT2D eigenvalue weighted by Gasteiger charge is 2.39. The topological polar surface area (TPSA) is 107 Å². The lowest BCUT2D eigenvalue weighted by Crippen LogP contribution is -2.57. The van der Waals surface area contributed by atoms with Gasteiger partial charge in [0, 0.05) is 37.8 Å². The van der Waals surface area contributed by atoms with Crippen molar-refractivity contribution in [3.8, 4) is 0 Å². The van der Waals surface area contributed by atoms with E-state index >= 15 is 0 Å². The highest BCUT2D eigenvalue weighted by atomic mass is 19.3. The molecule has 3 aliphatic heterocycles. The molecule has 1 aliphatic carbocycles. The van der Waals surface area contributed by atoms with Crippen LogP contribution in [0, 0.1) is 5.92 Å². The lowest BCUT2D eigenvalue weighted by molar-refractivity contribution is -0.133. The molecule has 2 bridgehead atoms. The first kappa shape index (κ1) is 22.1. The van der Waals surface area contributed by atoms with Gasteiger partial charge in [-0.3, -0.25) is 9.48 Å². The highest BCUT2D eigenvalue weighted by molar-refractivity contribution is 6.08. The Balaban J connectivity index is 1.24. The number of morpholine rings is 1. The number of carbonyl (C=O) groups is 2. The quantitative estimate of drug-likeness (QED) is 0.535. The Morgan fingerprint density at radius 3 is 2.63 bits per heavy atom. The molecule has 0 spiro atoms. The highest BCUT2D eigenvalue weighted by Crippen LogP contribution is 2.34. The molecule has 3 aromatic rings. The number of alkyl halides is 2. The molecule has 7 rings (SSSR count). The van der Waals surface area contributed by atoms with Crippen LogP contribution in [-0.4, -0.2) is 61.9 Å². The first-order chi connectivity index (χ1) is 17.0. The van der Waals surface area contributed by atoms with E-state index in [1.807, 2.05) is 6.07 Å². The van der Waals surface area contributed by atoms with Crippen molar-refractivity contribution in [1.82, 2.24) is 24.4 Å². The number of hydrogen-bond donors (Lipinski definition) is 1. The number of aldehydes is 1. The van der Waals surface area contributed by atoms with E-state index in [1.165, 1.54) is 21.6 Å². The molecule has 4 fully saturated rings. The van der Waals surface area contributed by atoms with Gasteiger partial charge in [0.25, 0.3) is 12.3 Å². The zero-order valence-electron chi connectivity index (χ0n) is 18.9. The van der Waals surface area contributed by atoms with Crippen molar-refractivity contribution in [2.75, 3.05) is 23.3 Å². The maximum atomic E-state index is 13.7. The number of rotatable bonds is 6. The summed E-state index contributed by atoms with van der Waals surface area (Å²) >= 11 is 0. The standard InChI is InChI=1S/C23H25F2N7O3/c24-21(25)20-18(11-32(29-20)14-3-1-13(12-33)2-4-14)27-23(34)17-8-26-31-6-5-19(28-22(17)31)30-9-15-7-16(10-30)35-15/h5-6,8,11-16,21H,1-4,7,9-10H2,(H,27,34)/t13-,14-,15?,16?. The third-order valence-electron chi connectivity index (χ3n) is 7.21. The molecular formula is C23H25F2N7O3. The van der Waals surface area contributed by atoms with Crippen LogP contribution in [0.25, 0.3) is 5.65 Å². The van der Waals surface area contributed by atoms with Crippen molar-refractivity contribution in [3.63, 3.8) is 0 Å². The van der Waals surface area contributed by atoms with E-state index in [9.17, 15) is 18.4 Å². The molecule has 1 saturated carbocycles. The Hall–Kier alpha value is -3.41. The molecular weight excluding hydrogens is 460 g/mol. The molecule has 2 atom stereocenters. The summed E-state index contributed by atoms with van der Waals surface area (Å²) in [5.74, 6) is 0.143. The molecule has 2 unspecified atom stereocenters. The van der Waals surface area contributed by atoms with Crippen molar-refractivity contribution >= 4 is 29.3 Å². The van der Waals surface area contributed by atoms with Gasteiger partial charge in [-0.2, -0.15) is 10.2 Å². The number of piperidine rings is 1. The molecule has 10 nitrogen and oxygen atoms in total. The molecule has 3 aromatic heterocycles. The lowest BCUT2D eigenvalue weighted by Gasteiger charge is -2.47. The van der Waals surface area contributed by atoms with Crippen LogP contribution in [0.5, 0.6) is 0 Å². The van der Waals surface area contributed by atoms with Crippen molar-refractivity contribution in [2.45, 2.75) is 56.8 Å². The molecule has 1 amide bonds. The molecule has 3 saturated heterocycles. The molecule has 0 aromatic carbocycles. The largest absolute Gasteiger partial charge is 0.371 e. The summed E-state index contributed by atoms with van der Waals surface area (Å²) in [4.78, 5) is 30.9. The van der Waals surface area contributed by atoms with Crippen LogP contribution in [0.15, 0.2) is 24.7 Å². The fourth-order valence-electron chi connectivity index (χ4n) is 5.28. The van der Waals surface area contributed by atoms with Gasteiger partial charge in [0.15, 0.2) is 11.3 Å². The predicted octanol–water partition coefficient (Wildman–Crippen LogP) is 3.02. The Morgan fingerprint density at radius 2 is 1.94 bits per heavy atom. The zero-order valence-corrected chi connectivity index (χ0v) is 18.9. The number of hydrogen-bond acceptors (Lipinski definition) is 7. The molecule has 0 radical (unpaired) electrons. The van der Waals surface area contributed by atoms with E-state index in [4.69, 9.17) is 4.74 Å². The summed E-state index contributed by atoms with van der Waals surface area (Å²) in [6.45, 7) is 1.47. The average molecular weight is 485 g/mol. The van der Waals surface area contributed by atoms with E-state index in [0.717, 1.165) is 31.6 Å². The van der Waals surface area contributed by atoms with Crippen LogP contribution in [-0.2, 0) is 9.53 Å². The summed E-state index contributed by atoms with van der Waals surface area (Å²) in [7, 11) is 0. The fourth-order valence-corrected chi connectivity index (χ4v) is 5.28. The van der Waals surface area contributed by atoms with Gasteiger partial charge in [0.1, 0.15) is 17.7 Å². The monoisotopic (exact) mass is 485 g/mol. The van der Waals surface area contributed by atoms with Crippen molar-refractivity contribution < 1.29 is 23.1 Å². The summed E-state index contributed by atoms with van der Waals surface area (Å²) in [5.41, 5.74) is 0.0165. The molecule has 6 heterocycles. The SMILES string of the molecule is O=C[C@H]1CC[C@H](n2cc(NC(=O)c3cnn4ccc(N5CC6CC(C5)O6)nc34)c(C(F)F)n2)CC1. The van der Waals surface area contributed by atoms with Gasteiger partial charge < -0.3 is 19.7 Å². The number of anilines is 2. The normalized spacial score (nSPS) is 26.1. The van der Waals surface area contributed by atoms with Crippen LogP contribution in [0.3, 0.4) is 0 Å². The maximum absolute atomic E-state index is 13.7. The minimum Gasteiger partial charge on any atom is -0.371 e. The third kappa shape index (κ3) is 4.05. The molecule has 35 heavy (non-hydrogen) atoms. The van der Waals surface area contributed by atoms with Crippen LogP contribution in [0.1, 0.15) is 60.6 Å². The van der Waals surface area contributed by atoms with Gasteiger partial charge in [-0.15, -0.1) is 0 Å². The van der Waals surface area contributed by atoms with Crippen LogP contribution < -0.4 is 10.2 Å². The van der Waals surface area contributed by atoms with Crippen LogP contribution in [0.2, 0.25) is 0 Å². The average Bonchev–Trinajstić information content (AvgIpc) is 3.48. The molecule has 4 aliphatic rings. The van der Waals surface area contributed by atoms with Crippen molar-refractivity contribution in [1.29, 1.82) is 0 Å². The minimum atomic E-state index is -2.85. The Labute approximate surface area is 199 Å². The Kier molecular flexibility index (Phi) is 5.47. The smallest absolute Gasteiger partial charge is 0.284 e. The van der Waals surface area contributed by atoms with Gasteiger partial charge in [-0.05, 0) is 31.7 Å². The summed E-state index contributed by atoms with van der Waals surface area (Å²) in [6.07, 6.45) is 6.87. The number of halogens is 2. The number of aromatic nitrogens is 5. The molecule has 12 heteroatoms. The summed E-state index contributed by atoms with van der Waals surface area (Å²) in [5, 5.41) is 10.9. The Bertz CT molecular complexity index is 1250. The second-order valence-corrected chi connectivity index (χ2v) is 9.50. The summed E-state index contributed by atoms with van der Waals surface area (Å²) in [6, 6.07) is 1.75. The van der Waals surface area contributed by atoms with Crippen LogP contribution >= 0.6 is 0 Å². The second-order valence-electron chi connectivity index (χ2n) is 9.50. The first-order valence-corrected chi connectivity index (χ1v) is 11.9. The van der Waals surface area contributed by atoms with Gasteiger partial charge in [-0.25, -0.2) is 18.3 Å². The number of nitrogens with one attached hydrogen (secondary N) is 1. The lowest BCUT2D eigenvalue weighted by atomic mass is 9.87. The zero-order chi connectivity index (χ0) is 24.1. The first-order valence-electron chi connectivity index (χ1n) is 11.9. The number of nitrogens with zero attached hydrogens (tertiary/aromatic N) is 6. The van der Waals surface area contributed by atoms with Gasteiger partial charge in [0.05, 0.1) is 30.1 Å². The number of ether oxygens (including phenoxy) is 1. The Morgan fingerprint density at radius 1 is 1.20 bits per heavy atom. The van der Waals surface area contributed by atoms with Gasteiger partial charge in [0.2, 0.25) is 0 Å². The van der Waals surface area contributed by atoms with Crippen molar-refractivity contribution in [3.05, 3.63) is 35.9 Å². The van der Waals surface area contributed by atoms with E-state index in [0.29, 0.717) is 31.3 Å². The predicted molar refractivity (Wildman–Crippen MR) is 121 cm³/mol. The van der Waals surface area contributed by atoms with E-state index in [1.54, 1.807) is 6.20 Å². The van der Waals surface area contributed by atoms with Gasteiger partial charge >= 0.3 is 0 Å². The number of carbonyl (C=O) groups excluding carboxylic acids is 2. The van der Waals surface area contributed by atoms with Crippen LogP contribution in [0.4, 0.5) is 20.3 Å². The number of amides is 1. The maximum Gasteiger partial charge on any atom is 0.284 e. The second kappa shape index (κ2) is 8.67. The van der Waals surface area contributed by atoms with Gasteiger partial charge in [-0.1, -0.05) is 0 Å². The molecule has 1 N–H and O–H groups in total. The van der Waals surface area contributed by atoms with Crippen molar-refractivity contribution in [2.24, 2.45) is 5.92 Å². The fraction of sp³-hybridized carbons (Fsp3) is 0.522. The minimum absolute atomic E-state index is 0.00631. The number of fused-ring (bicyclic) bond motifs is 3. The summed E-state index contributed by atoms with van der Waals surface area (Å²) < 4.78 is 36.2. The van der Waals surface area contributed by atoms with E-state index in [-0.39, 0.29) is 35.4 Å².